The van der Waals surface area contributed by atoms with Crippen LogP contribution in [-0.4, -0.2) is 20.8 Å². The number of para-hydroxylation sites is 1. The Balaban J connectivity index is 1.93. The lowest BCUT2D eigenvalue weighted by Crippen LogP contribution is -2.39. The van der Waals surface area contributed by atoms with Crippen molar-refractivity contribution in [3.63, 3.8) is 0 Å². The van der Waals surface area contributed by atoms with Gasteiger partial charge >= 0.3 is 5.69 Å². The number of ether oxygens (including phenoxy) is 1. The molecule has 160 valence electrons. The summed E-state index contributed by atoms with van der Waals surface area (Å²) in [6, 6.07) is 20.3. The van der Waals surface area contributed by atoms with Crippen LogP contribution >= 0.6 is 0 Å². The molecule has 0 aliphatic carbocycles. The fourth-order valence-corrected chi connectivity index (χ4v) is 4.18. The average molecular weight is 429 g/mol. The number of halogens is 1. The van der Waals surface area contributed by atoms with E-state index >= 15 is 0 Å². The summed E-state index contributed by atoms with van der Waals surface area (Å²) in [5, 5.41) is 0.735. The predicted octanol–water partition coefficient (Wildman–Crippen LogP) is 3.84. The molecule has 0 saturated heterocycles. The molecule has 0 aliphatic rings. The molecular weight excluding hydrogens is 409 g/mol. The number of rotatable bonds is 4. The van der Waals surface area contributed by atoms with Gasteiger partial charge in [-0.1, -0.05) is 30.3 Å². The molecule has 0 amide bonds. The van der Waals surface area contributed by atoms with Gasteiger partial charge in [-0.25, -0.2) is 13.8 Å². The highest BCUT2D eigenvalue weighted by atomic mass is 19.1. The summed E-state index contributed by atoms with van der Waals surface area (Å²) in [4.78, 5) is 27.3. The Kier molecular flexibility index (Phi) is 4.66. The summed E-state index contributed by atoms with van der Waals surface area (Å²) in [5.41, 5.74) is 2.09. The predicted molar refractivity (Wildman–Crippen MR) is 122 cm³/mol. The van der Waals surface area contributed by atoms with Crippen LogP contribution in [0.5, 0.6) is 5.75 Å². The monoisotopic (exact) mass is 429 g/mol. The van der Waals surface area contributed by atoms with Crippen molar-refractivity contribution in [2.24, 2.45) is 7.05 Å². The Bertz CT molecular complexity index is 1580. The number of methoxy groups -OCH3 is 1. The molecule has 0 aliphatic heterocycles. The zero-order chi connectivity index (χ0) is 22.4. The van der Waals surface area contributed by atoms with Crippen molar-refractivity contribution in [2.45, 2.75) is 6.54 Å². The van der Waals surface area contributed by atoms with E-state index in [0.717, 1.165) is 16.5 Å². The molecule has 0 fully saturated rings. The molecule has 0 atom stereocenters. The van der Waals surface area contributed by atoms with Gasteiger partial charge in [0.15, 0.2) is 0 Å². The van der Waals surface area contributed by atoms with Crippen LogP contribution in [0.4, 0.5) is 4.39 Å². The van der Waals surface area contributed by atoms with Crippen molar-refractivity contribution in [2.75, 3.05) is 7.11 Å². The van der Waals surface area contributed by atoms with Gasteiger partial charge in [0.1, 0.15) is 17.1 Å². The molecule has 0 bridgehead atoms. The smallest absolute Gasteiger partial charge is 0.336 e. The topological polar surface area (TPSA) is 58.2 Å². The van der Waals surface area contributed by atoms with E-state index in [-0.39, 0.29) is 12.4 Å². The molecule has 5 rings (SSSR count). The summed E-state index contributed by atoms with van der Waals surface area (Å²) in [6.45, 7) is 0.180. The Morgan fingerprint density at radius 2 is 1.62 bits per heavy atom. The Morgan fingerprint density at radius 1 is 0.906 bits per heavy atom. The number of hydrogen-bond donors (Lipinski definition) is 0. The molecule has 5 aromatic rings. The van der Waals surface area contributed by atoms with Gasteiger partial charge in [0.25, 0.3) is 5.56 Å². The minimum absolute atomic E-state index is 0.180. The third-order valence-corrected chi connectivity index (χ3v) is 5.75. The zero-order valence-corrected chi connectivity index (χ0v) is 17.6. The van der Waals surface area contributed by atoms with Gasteiger partial charge in [-0.2, -0.15) is 0 Å². The number of benzene rings is 3. The van der Waals surface area contributed by atoms with E-state index in [0.29, 0.717) is 22.5 Å². The van der Waals surface area contributed by atoms with E-state index in [1.54, 1.807) is 59.7 Å². The molecule has 0 unspecified atom stereocenters. The van der Waals surface area contributed by atoms with Crippen molar-refractivity contribution in [3.8, 4) is 11.4 Å². The zero-order valence-electron chi connectivity index (χ0n) is 17.6. The first-order valence-electron chi connectivity index (χ1n) is 10.1. The molecular formula is C25H20FN3O3. The standard InChI is InChI=1S/C25H20FN3O3/c1-27-21-13-12-19(32-2)14-20(21)22-23(27)24(30)29(18-6-4-3-5-7-18)25(31)28(22)15-16-8-10-17(26)11-9-16/h3-14H,15H2,1-2H3. The summed E-state index contributed by atoms with van der Waals surface area (Å²) < 4.78 is 23.4. The van der Waals surface area contributed by atoms with Crippen LogP contribution in [0.25, 0.3) is 27.6 Å². The molecule has 7 heteroatoms. The van der Waals surface area contributed by atoms with Crippen LogP contribution in [0.2, 0.25) is 0 Å². The number of aryl methyl sites for hydroxylation is 1. The molecule has 2 aromatic heterocycles. The van der Waals surface area contributed by atoms with E-state index < -0.39 is 11.2 Å². The minimum Gasteiger partial charge on any atom is -0.497 e. The second-order valence-corrected chi connectivity index (χ2v) is 7.61. The van der Waals surface area contributed by atoms with Crippen LogP contribution < -0.4 is 16.0 Å². The van der Waals surface area contributed by atoms with Crippen LogP contribution in [0.3, 0.4) is 0 Å². The fourth-order valence-electron chi connectivity index (χ4n) is 4.18. The van der Waals surface area contributed by atoms with E-state index in [1.807, 2.05) is 24.3 Å². The maximum absolute atomic E-state index is 13.7. The largest absolute Gasteiger partial charge is 0.497 e. The van der Waals surface area contributed by atoms with Crippen molar-refractivity contribution < 1.29 is 9.13 Å². The maximum atomic E-state index is 13.7. The third kappa shape index (κ3) is 3.01. The molecule has 0 N–H and O–H groups in total. The SMILES string of the molecule is COc1ccc2c(c1)c1c(c(=O)n(-c3ccccc3)c(=O)n1Cc1ccc(F)cc1)n2C. The van der Waals surface area contributed by atoms with Crippen molar-refractivity contribution >= 4 is 21.9 Å². The van der Waals surface area contributed by atoms with Crippen LogP contribution in [-0.2, 0) is 13.6 Å². The first-order valence-corrected chi connectivity index (χ1v) is 10.1. The van der Waals surface area contributed by atoms with Crippen molar-refractivity contribution in [1.82, 2.24) is 13.7 Å². The molecule has 0 spiro atoms. The lowest BCUT2D eigenvalue weighted by molar-refractivity contribution is 0.415. The average Bonchev–Trinajstić information content (AvgIpc) is 3.10. The van der Waals surface area contributed by atoms with E-state index in [9.17, 15) is 14.0 Å². The van der Waals surface area contributed by atoms with Gasteiger partial charge in [0.05, 0.1) is 30.4 Å². The second kappa shape index (κ2) is 7.53. The quantitative estimate of drug-likeness (QED) is 0.436. The lowest BCUT2D eigenvalue weighted by Gasteiger charge is -2.13. The highest BCUT2D eigenvalue weighted by Crippen LogP contribution is 2.29. The van der Waals surface area contributed by atoms with Gasteiger partial charge in [0, 0.05) is 12.4 Å². The van der Waals surface area contributed by atoms with Gasteiger partial charge in [-0.15, -0.1) is 0 Å². The highest BCUT2D eigenvalue weighted by Gasteiger charge is 2.21. The summed E-state index contributed by atoms with van der Waals surface area (Å²) in [6.07, 6.45) is 0. The minimum atomic E-state index is -0.464. The van der Waals surface area contributed by atoms with Crippen molar-refractivity contribution in [3.05, 3.63) is 105 Å². The normalized spacial score (nSPS) is 11.3. The van der Waals surface area contributed by atoms with Gasteiger partial charge in [-0.05, 0) is 48.0 Å². The molecule has 32 heavy (non-hydrogen) atoms. The Labute approximate surface area is 182 Å². The summed E-state index contributed by atoms with van der Waals surface area (Å²) in [7, 11) is 3.38. The van der Waals surface area contributed by atoms with E-state index in [1.165, 1.54) is 16.7 Å². The van der Waals surface area contributed by atoms with Crippen LogP contribution in [0.15, 0.2) is 82.4 Å². The van der Waals surface area contributed by atoms with E-state index in [2.05, 4.69) is 0 Å². The number of fused-ring (bicyclic) bond motifs is 3. The Morgan fingerprint density at radius 3 is 2.31 bits per heavy atom. The Hall–Kier alpha value is -4.13. The highest BCUT2D eigenvalue weighted by molar-refractivity contribution is 6.06. The second-order valence-electron chi connectivity index (χ2n) is 7.61. The first kappa shape index (κ1) is 19.8. The molecule has 3 aromatic carbocycles. The molecule has 2 heterocycles. The van der Waals surface area contributed by atoms with Gasteiger partial charge < -0.3 is 9.30 Å². The molecule has 0 saturated carbocycles. The van der Waals surface area contributed by atoms with E-state index in [4.69, 9.17) is 4.74 Å². The van der Waals surface area contributed by atoms with Crippen molar-refractivity contribution in [1.29, 1.82) is 0 Å². The third-order valence-electron chi connectivity index (χ3n) is 5.75. The maximum Gasteiger partial charge on any atom is 0.336 e. The van der Waals surface area contributed by atoms with Crippen LogP contribution in [0, 0.1) is 5.82 Å². The molecule has 6 nitrogen and oxygen atoms in total. The number of aromatic nitrogens is 3. The number of nitrogens with zero attached hydrogens (tertiary/aromatic N) is 3. The first-order chi connectivity index (χ1) is 15.5. The molecule has 0 radical (unpaired) electrons. The summed E-state index contributed by atoms with van der Waals surface area (Å²) in [5.74, 6) is 0.272. The van der Waals surface area contributed by atoms with Crippen LogP contribution in [0.1, 0.15) is 5.56 Å². The lowest BCUT2D eigenvalue weighted by atomic mass is 10.2. The van der Waals surface area contributed by atoms with Gasteiger partial charge in [-0.3, -0.25) is 9.36 Å². The summed E-state index contributed by atoms with van der Waals surface area (Å²) >= 11 is 0. The van der Waals surface area contributed by atoms with Gasteiger partial charge in [0.2, 0.25) is 0 Å². The fraction of sp³-hybridized carbons (Fsp3) is 0.120. The number of hydrogen-bond acceptors (Lipinski definition) is 3.